The number of carboxylic acid groups (broad SMARTS) is 1. The Hall–Kier alpha value is -3.94. The number of nitrogens with zero attached hydrogens (tertiary/aromatic N) is 2. The molecule has 3 aromatic rings. The maximum absolute atomic E-state index is 13.1. The van der Waals surface area contributed by atoms with Crippen molar-refractivity contribution < 1.29 is 19.5 Å². The van der Waals surface area contributed by atoms with Gasteiger partial charge in [0.2, 0.25) is 0 Å². The second-order valence-electron chi connectivity index (χ2n) is 9.17. The van der Waals surface area contributed by atoms with Crippen molar-refractivity contribution in [3.8, 4) is 5.69 Å². The number of para-hydroxylation sites is 1. The van der Waals surface area contributed by atoms with Crippen LogP contribution in [0.2, 0.25) is 0 Å². The highest BCUT2D eigenvalue weighted by Crippen LogP contribution is 2.23. The van der Waals surface area contributed by atoms with E-state index in [0.29, 0.717) is 11.5 Å². The number of ketones is 1. The molecule has 8 heteroatoms. The van der Waals surface area contributed by atoms with Crippen LogP contribution in [0, 0.1) is 12.3 Å². The van der Waals surface area contributed by atoms with Gasteiger partial charge < -0.3 is 15.7 Å². The number of benzene rings is 2. The van der Waals surface area contributed by atoms with E-state index in [1.54, 1.807) is 16.8 Å². The van der Waals surface area contributed by atoms with Crippen molar-refractivity contribution in [2.75, 3.05) is 11.9 Å². The molecular formula is C26H30N4O4. The van der Waals surface area contributed by atoms with Crippen LogP contribution in [0.15, 0.2) is 60.7 Å². The van der Waals surface area contributed by atoms with Gasteiger partial charge >= 0.3 is 5.97 Å². The van der Waals surface area contributed by atoms with Crippen molar-refractivity contribution in [3.63, 3.8) is 0 Å². The molecular weight excluding hydrogens is 432 g/mol. The maximum Gasteiger partial charge on any atom is 0.305 e. The van der Waals surface area contributed by atoms with Crippen LogP contribution in [-0.4, -0.2) is 39.1 Å². The molecule has 0 fully saturated rings. The first-order chi connectivity index (χ1) is 16.1. The summed E-state index contributed by atoms with van der Waals surface area (Å²) < 4.78 is 1.56. The minimum atomic E-state index is -1.02. The fourth-order valence-corrected chi connectivity index (χ4v) is 3.44. The van der Waals surface area contributed by atoms with Gasteiger partial charge in [0, 0.05) is 11.5 Å². The van der Waals surface area contributed by atoms with Gasteiger partial charge in [0.25, 0.3) is 5.91 Å². The molecule has 1 aromatic heterocycles. The molecule has 0 unspecified atom stereocenters. The Morgan fingerprint density at radius 2 is 1.68 bits per heavy atom. The van der Waals surface area contributed by atoms with Crippen LogP contribution in [0.1, 0.15) is 54.8 Å². The van der Waals surface area contributed by atoms with Gasteiger partial charge in [-0.25, -0.2) is 4.68 Å². The van der Waals surface area contributed by atoms with Gasteiger partial charge in [0.15, 0.2) is 11.5 Å². The minimum absolute atomic E-state index is 0.0142. The first-order valence-corrected chi connectivity index (χ1v) is 11.1. The standard InChI is InChI=1S/C26H30N4O4/c1-17-10-8-9-13-19(17)20(15-24(32)33)28-25(34)21-14-23(27-16-22(31)26(2,3)4)30(29-21)18-11-6-5-7-12-18/h5-14,20,27H,15-16H2,1-4H3,(H,28,34)(H,32,33)/t20-/m0/s1. The number of hydrogen-bond acceptors (Lipinski definition) is 5. The molecule has 0 spiro atoms. The number of nitrogens with one attached hydrogen (secondary N) is 2. The second kappa shape index (κ2) is 10.3. The van der Waals surface area contributed by atoms with E-state index in [0.717, 1.165) is 11.1 Å². The quantitative estimate of drug-likeness (QED) is 0.440. The van der Waals surface area contributed by atoms with Gasteiger partial charge in [-0.3, -0.25) is 14.4 Å². The zero-order chi connectivity index (χ0) is 24.9. The molecule has 1 heterocycles. The summed E-state index contributed by atoms with van der Waals surface area (Å²) in [6.07, 6.45) is -0.263. The molecule has 0 aliphatic carbocycles. The molecule has 178 valence electrons. The zero-order valence-corrected chi connectivity index (χ0v) is 19.8. The number of carboxylic acids is 1. The maximum atomic E-state index is 13.1. The van der Waals surface area contributed by atoms with Crippen molar-refractivity contribution in [2.24, 2.45) is 5.41 Å². The van der Waals surface area contributed by atoms with Crippen LogP contribution in [0.25, 0.3) is 5.69 Å². The molecule has 0 saturated heterocycles. The largest absolute Gasteiger partial charge is 0.481 e. The van der Waals surface area contributed by atoms with Crippen molar-refractivity contribution >= 4 is 23.5 Å². The average Bonchev–Trinajstić information content (AvgIpc) is 3.21. The average molecular weight is 463 g/mol. The van der Waals surface area contributed by atoms with Gasteiger partial charge in [-0.1, -0.05) is 63.2 Å². The molecule has 1 amide bonds. The molecule has 0 aliphatic rings. The second-order valence-corrected chi connectivity index (χ2v) is 9.17. The summed E-state index contributed by atoms with van der Waals surface area (Å²) in [5.74, 6) is -1.03. The van der Waals surface area contributed by atoms with Crippen LogP contribution < -0.4 is 10.6 Å². The Morgan fingerprint density at radius 1 is 1.03 bits per heavy atom. The van der Waals surface area contributed by atoms with E-state index >= 15 is 0 Å². The molecule has 0 bridgehead atoms. The number of carbonyl (C=O) groups is 3. The molecule has 34 heavy (non-hydrogen) atoms. The van der Waals surface area contributed by atoms with Crippen LogP contribution in [0.5, 0.6) is 0 Å². The highest BCUT2D eigenvalue weighted by atomic mass is 16.4. The Morgan fingerprint density at radius 3 is 2.29 bits per heavy atom. The first kappa shape index (κ1) is 24.7. The molecule has 0 saturated carbocycles. The first-order valence-electron chi connectivity index (χ1n) is 11.1. The molecule has 2 aromatic carbocycles. The third kappa shape index (κ3) is 6.10. The van der Waals surface area contributed by atoms with Crippen molar-refractivity contribution in [1.29, 1.82) is 0 Å². The van der Waals surface area contributed by atoms with Gasteiger partial charge in [-0.2, -0.15) is 5.10 Å². The molecule has 0 radical (unpaired) electrons. The van der Waals surface area contributed by atoms with Crippen LogP contribution in [-0.2, 0) is 9.59 Å². The summed E-state index contributed by atoms with van der Waals surface area (Å²) in [7, 11) is 0. The van der Waals surface area contributed by atoms with Gasteiger partial charge in [-0.15, -0.1) is 0 Å². The summed E-state index contributed by atoms with van der Waals surface area (Å²) in [5.41, 5.74) is 1.93. The van der Waals surface area contributed by atoms with Gasteiger partial charge in [0.1, 0.15) is 5.82 Å². The lowest BCUT2D eigenvalue weighted by Gasteiger charge is -2.18. The summed E-state index contributed by atoms with van der Waals surface area (Å²) in [4.78, 5) is 37.0. The Labute approximate surface area is 199 Å². The highest BCUT2D eigenvalue weighted by Gasteiger charge is 2.24. The zero-order valence-electron chi connectivity index (χ0n) is 19.8. The van der Waals surface area contributed by atoms with Gasteiger partial charge in [-0.05, 0) is 30.2 Å². The number of aliphatic carboxylic acids is 1. The SMILES string of the molecule is Cc1ccccc1[C@H](CC(=O)O)NC(=O)c1cc(NCC(=O)C(C)(C)C)n(-c2ccccc2)n1. The van der Waals surface area contributed by atoms with E-state index in [4.69, 9.17) is 0 Å². The van der Waals surface area contributed by atoms with Crippen molar-refractivity contribution in [2.45, 2.75) is 40.2 Å². The van der Waals surface area contributed by atoms with Crippen LogP contribution in [0.4, 0.5) is 5.82 Å². The van der Waals surface area contributed by atoms with Gasteiger partial charge in [0.05, 0.1) is 24.7 Å². The normalized spacial score (nSPS) is 12.1. The third-order valence-electron chi connectivity index (χ3n) is 5.46. The van der Waals surface area contributed by atoms with Crippen LogP contribution in [0.3, 0.4) is 0 Å². The molecule has 8 nitrogen and oxygen atoms in total. The highest BCUT2D eigenvalue weighted by molar-refractivity contribution is 5.94. The Bertz CT molecular complexity index is 1180. The number of hydrogen-bond donors (Lipinski definition) is 3. The van der Waals surface area contributed by atoms with E-state index in [1.807, 2.05) is 76.2 Å². The number of rotatable bonds is 9. The van der Waals surface area contributed by atoms with E-state index in [2.05, 4.69) is 15.7 Å². The molecule has 3 rings (SSSR count). The van der Waals surface area contributed by atoms with E-state index in [1.165, 1.54) is 0 Å². The number of Topliss-reactive ketones (excluding diaryl/α,β-unsaturated/α-hetero) is 1. The minimum Gasteiger partial charge on any atom is -0.481 e. The number of amides is 1. The smallest absolute Gasteiger partial charge is 0.305 e. The summed E-state index contributed by atoms with van der Waals surface area (Å²) in [5, 5.41) is 19.8. The molecule has 1 atom stereocenters. The molecule has 3 N–H and O–H groups in total. The Kier molecular flexibility index (Phi) is 7.50. The number of anilines is 1. The predicted octanol–water partition coefficient (Wildman–Crippen LogP) is 4.15. The fourth-order valence-electron chi connectivity index (χ4n) is 3.44. The lowest BCUT2D eigenvalue weighted by atomic mass is 9.91. The van der Waals surface area contributed by atoms with Crippen molar-refractivity contribution in [3.05, 3.63) is 77.5 Å². The summed E-state index contributed by atoms with van der Waals surface area (Å²) in [6.45, 7) is 7.48. The predicted molar refractivity (Wildman–Crippen MR) is 130 cm³/mol. The lowest BCUT2D eigenvalue weighted by molar-refractivity contribution is -0.137. The summed E-state index contributed by atoms with van der Waals surface area (Å²) >= 11 is 0. The summed E-state index contributed by atoms with van der Waals surface area (Å²) in [6, 6.07) is 17.4. The van der Waals surface area contributed by atoms with Crippen molar-refractivity contribution in [1.82, 2.24) is 15.1 Å². The lowest BCUT2D eigenvalue weighted by Crippen LogP contribution is -2.31. The van der Waals surface area contributed by atoms with E-state index in [-0.39, 0.29) is 24.4 Å². The van der Waals surface area contributed by atoms with E-state index < -0.39 is 23.3 Å². The monoisotopic (exact) mass is 462 g/mol. The topological polar surface area (TPSA) is 113 Å². The number of aromatic nitrogens is 2. The van der Waals surface area contributed by atoms with Crippen LogP contribution >= 0.6 is 0 Å². The third-order valence-corrected chi connectivity index (χ3v) is 5.46. The fraction of sp³-hybridized carbons (Fsp3) is 0.308. The number of aryl methyl sites for hydroxylation is 1. The number of carbonyl (C=O) groups excluding carboxylic acids is 2. The molecule has 0 aliphatic heterocycles. The Balaban J connectivity index is 1.91. The van der Waals surface area contributed by atoms with E-state index in [9.17, 15) is 19.5 Å².